The summed E-state index contributed by atoms with van der Waals surface area (Å²) in [5, 5.41) is 1.81. The van der Waals surface area contributed by atoms with Gasteiger partial charge in [0, 0.05) is 6.20 Å². The number of carbonyl (C=O) groups excluding carboxylic acids is 1. The van der Waals surface area contributed by atoms with Gasteiger partial charge >= 0.3 is 0 Å². The van der Waals surface area contributed by atoms with Crippen molar-refractivity contribution in [2.75, 3.05) is 0 Å². The van der Waals surface area contributed by atoms with Crippen LogP contribution in [0.1, 0.15) is 20.9 Å². The molecule has 2 heterocycles. The van der Waals surface area contributed by atoms with Crippen molar-refractivity contribution in [3.63, 3.8) is 0 Å². The van der Waals surface area contributed by atoms with E-state index in [-0.39, 0.29) is 11.5 Å². The van der Waals surface area contributed by atoms with Gasteiger partial charge in [0.05, 0.1) is 4.88 Å². The molecule has 0 saturated carbocycles. The Labute approximate surface area is 90.4 Å². The van der Waals surface area contributed by atoms with Crippen LogP contribution in [0, 0.1) is 12.7 Å². The minimum absolute atomic E-state index is 0.108. The molecule has 0 N–H and O–H groups in total. The molecule has 2 aromatic rings. The van der Waals surface area contributed by atoms with Crippen molar-refractivity contribution >= 4 is 17.1 Å². The number of ketones is 1. The predicted octanol–water partition coefficient (Wildman–Crippen LogP) is 2.82. The highest BCUT2D eigenvalue weighted by atomic mass is 32.1. The zero-order valence-corrected chi connectivity index (χ0v) is 8.84. The Morgan fingerprint density at radius 1 is 1.47 bits per heavy atom. The largest absolute Gasteiger partial charge is 0.286 e. The zero-order chi connectivity index (χ0) is 10.8. The fourth-order valence-corrected chi connectivity index (χ4v) is 2.13. The molecule has 0 aliphatic rings. The van der Waals surface area contributed by atoms with Crippen molar-refractivity contribution in [1.82, 2.24) is 4.98 Å². The van der Waals surface area contributed by atoms with E-state index in [0.29, 0.717) is 4.88 Å². The highest BCUT2D eigenvalue weighted by molar-refractivity contribution is 7.12. The fourth-order valence-electron chi connectivity index (χ4n) is 1.27. The molecule has 0 aliphatic carbocycles. The number of carbonyl (C=O) groups is 1. The van der Waals surface area contributed by atoms with E-state index in [2.05, 4.69) is 4.98 Å². The Hall–Kier alpha value is -1.55. The van der Waals surface area contributed by atoms with Gasteiger partial charge in [-0.2, -0.15) is 0 Å². The molecule has 0 fully saturated rings. The monoisotopic (exact) mass is 221 g/mol. The van der Waals surface area contributed by atoms with Crippen LogP contribution >= 0.6 is 11.3 Å². The van der Waals surface area contributed by atoms with Crippen molar-refractivity contribution in [2.45, 2.75) is 6.92 Å². The highest BCUT2D eigenvalue weighted by Gasteiger charge is 2.17. The maximum absolute atomic E-state index is 13.3. The third kappa shape index (κ3) is 1.80. The lowest BCUT2D eigenvalue weighted by molar-refractivity contribution is 0.103. The summed E-state index contributed by atoms with van der Waals surface area (Å²) < 4.78 is 13.3. The summed E-state index contributed by atoms with van der Waals surface area (Å²) in [7, 11) is 0. The van der Waals surface area contributed by atoms with Crippen molar-refractivity contribution in [3.05, 3.63) is 51.7 Å². The summed E-state index contributed by atoms with van der Waals surface area (Å²) in [5.74, 6) is -0.920. The first kappa shape index (κ1) is 9.98. The molecule has 2 nitrogen and oxygen atoms in total. The molecule has 4 heteroatoms. The predicted molar refractivity (Wildman–Crippen MR) is 56.7 cm³/mol. The number of thiophene rings is 1. The Balaban J connectivity index is 2.46. The molecule has 0 unspecified atom stereocenters. The van der Waals surface area contributed by atoms with Crippen LogP contribution in [-0.4, -0.2) is 10.8 Å². The normalized spacial score (nSPS) is 10.3. The van der Waals surface area contributed by atoms with E-state index in [1.54, 1.807) is 0 Å². The quantitative estimate of drug-likeness (QED) is 0.730. The third-order valence-electron chi connectivity index (χ3n) is 2.04. The van der Waals surface area contributed by atoms with Gasteiger partial charge in [-0.1, -0.05) is 0 Å². The second kappa shape index (κ2) is 3.90. The average molecular weight is 221 g/mol. The van der Waals surface area contributed by atoms with E-state index >= 15 is 0 Å². The molecular weight excluding hydrogens is 213 g/mol. The first-order valence-corrected chi connectivity index (χ1v) is 5.27. The molecule has 2 rings (SSSR count). The number of aryl methyl sites for hydroxylation is 1. The fraction of sp³-hybridized carbons (Fsp3) is 0.0909. The van der Waals surface area contributed by atoms with Crippen LogP contribution in [0.2, 0.25) is 0 Å². The van der Waals surface area contributed by atoms with Crippen LogP contribution in [0.3, 0.4) is 0 Å². The minimum atomic E-state index is -0.574. The molecule has 0 bridgehead atoms. The smallest absolute Gasteiger partial charge is 0.224 e. The van der Waals surface area contributed by atoms with Gasteiger partial charge in [0.15, 0.2) is 5.82 Å². The zero-order valence-electron chi connectivity index (χ0n) is 8.03. The van der Waals surface area contributed by atoms with Crippen molar-refractivity contribution in [3.8, 4) is 0 Å². The SMILES string of the molecule is Cc1ccsc1C(=O)c1ncccc1F. The molecule has 0 spiro atoms. The summed E-state index contributed by atoms with van der Waals surface area (Å²) in [6.45, 7) is 1.82. The molecular formula is C11H8FNOS. The van der Waals surface area contributed by atoms with Crippen LogP contribution < -0.4 is 0 Å². The molecule has 0 amide bonds. The van der Waals surface area contributed by atoms with Crippen LogP contribution in [0.5, 0.6) is 0 Å². The number of hydrogen-bond acceptors (Lipinski definition) is 3. The number of aromatic nitrogens is 1. The van der Waals surface area contributed by atoms with Gasteiger partial charge < -0.3 is 0 Å². The van der Waals surface area contributed by atoms with Gasteiger partial charge in [0.25, 0.3) is 0 Å². The van der Waals surface area contributed by atoms with Crippen LogP contribution in [0.15, 0.2) is 29.8 Å². The maximum Gasteiger partial charge on any atom is 0.224 e. The molecule has 0 atom stereocenters. The molecule has 15 heavy (non-hydrogen) atoms. The minimum Gasteiger partial charge on any atom is -0.286 e. The van der Waals surface area contributed by atoms with Crippen LogP contribution in [0.25, 0.3) is 0 Å². The molecule has 2 aromatic heterocycles. The Bertz CT molecular complexity index is 507. The molecule has 0 radical (unpaired) electrons. The molecule has 0 saturated heterocycles. The summed E-state index contributed by atoms with van der Waals surface area (Å²) in [5.41, 5.74) is 0.748. The number of rotatable bonds is 2. The lowest BCUT2D eigenvalue weighted by Crippen LogP contribution is -2.06. The first-order chi connectivity index (χ1) is 7.20. The Kier molecular flexibility index (Phi) is 2.60. The van der Waals surface area contributed by atoms with E-state index < -0.39 is 5.82 Å². The molecule has 76 valence electrons. The first-order valence-electron chi connectivity index (χ1n) is 4.39. The van der Waals surface area contributed by atoms with Gasteiger partial charge in [-0.15, -0.1) is 11.3 Å². The van der Waals surface area contributed by atoms with Crippen LogP contribution in [0.4, 0.5) is 4.39 Å². The second-order valence-corrected chi connectivity index (χ2v) is 4.01. The molecule has 0 aromatic carbocycles. The summed E-state index contributed by atoms with van der Waals surface area (Å²) in [6.07, 6.45) is 1.42. The average Bonchev–Trinajstić information content (AvgIpc) is 2.64. The maximum atomic E-state index is 13.3. The van der Waals surface area contributed by atoms with Gasteiger partial charge in [-0.3, -0.25) is 4.79 Å². The van der Waals surface area contributed by atoms with Gasteiger partial charge in [0.2, 0.25) is 5.78 Å². The lowest BCUT2D eigenvalue weighted by atomic mass is 10.1. The van der Waals surface area contributed by atoms with Crippen molar-refractivity contribution < 1.29 is 9.18 Å². The standard InChI is InChI=1S/C11H8FNOS/c1-7-4-6-15-11(7)10(14)9-8(12)3-2-5-13-9/h2-6H,1H3. The van der Waals surface area contributed by atoms with E-state index in [9.17, 15) is 9.18 Å². The Morgan fingerprint density at radius 2 is 2.27 bits per heavy atom. The van der Waals surface area contributed by atoms with Crippen molar-refractivity contribution in [2.24, 2.45) is 0 Å². The van der Waals surface area contributed by atoms with E-state index in [1.807, 2.05) is 18.4 Å². The van der Waals surface area contributed by atoms with Gasteiger partial charge in [-0.25, -0.2) is 9.37 Å². The second-order valence-electron chi connectivity index (χ2n) is 3.10. The third-order valence-corrected chi connectivity index (χ3v) is 3.06. The van der Waals surface area contributed by atoms with Crippen molar-refractivity contribution in [1.29, 1.82) is 0 Å². The number of pyridine rings is 1. The van der Waals surface area contributed by atoms with Gasteiger partial charge in [0.1, 0.15) is 5.69 Å². The number of nitrogens with zero attached hydrogens (tertiary/aromatic N) is 1. The summed E-state index contributed by atoms with van der Waals surface area (Å²) in [4.78, 5) is 16.2. The summed E-state index contributed by atoms with van der Waals surface area (Å²) >= 11 is 1.30. The van der Waals surface area contributed by atoms with E-state index in [1.165, 1.54) is 29.7 Å². The number of halogens is 1. The van der Waals surface area contributed by atoms with Gasteiger partial charge in [-0.05, 0) is 36.1 Å². The summed E-state index contributed by atoms with van der Waals surface area (Å²) in [6, 6.07) is 4.54. The Morgan fingerprint density at radius 3 is 2.87 bits per heavy atom. The van der Waals surface area contributed by atoms with Crippen LogP contribution in [-0.2, 0) is 0 Å². The number of hydrogen-bond donors (Lipinski definition) is 0. The highest BCUT2D eigenvalue weighted by Crippen LogP contribution is 2.20. The van der Waals surface area contributed by atoms with E-state index in [0.717, 1.165) is 5.56 Å². The lowest BCUT2D eigenvalue weighted by Gasteiger charge is -1.99. The topological polar surface area (TPSA) is 30.0 Å². The van der Waals surface area contributed by atoms with E-state index in [4.69, 9.17) is 0 Å². The molecule has 0 aliphatic heterocycles.